The Labute approximate surface area is 159 Å². The van der Waals surface area contributed by atoms with Gasteiger partial charge in [0.05, 0.1) is 11.4 Å². The van der Waals surface area contributed by atoms with Gasteiger partial charge in [0.2, 0.25) is 10.0 Å². The van der Waals surface area contributed by atoms with E-state index in [-0.39, 0.29) is 41.4 Å². The van der Waals surface area contributed by atoms with Crippen LogP contribution < -0.4 is 16.2 Å². The molecule has 0 aliphatic heterocycles. The molecule has 0 aliphatic rings. The lowest BCUT2D eigenvalue weighted by atomic mass is 10.1. The second kappa shape index (κ2) is 9.00. The first-order valence-electron chi connectivity index (χ1n) is 7.16. The molecule has 5 N–H and O–H groups in total. The topological polar surface area (TPSA) is 111 Å². The van der Waals surface area contributed by atoms with Crippen molar-refractivity contribution in [3.8, 4) is 0 Å². The van der Waals surface area contributed by atoms with E-state index in [0.29, 0.717) is 5.56 Å². The minimum atomic E-state index is -3.72. The van der Waals surface area contributed by atoms with Gasteiger partial charge in [-0.3, -0.25) is 0 Å². The number of halogens is 1. The monoisotopic (exact) mass is 460 g/mol. The molecule has 2 rings (SSSR count). The van der Waals surface area contributed by atoms with Crippen LogP contribution in [-0.2, 0) is 23.0 Å². The molecular weight excluding hydrogens is 439 g/mol. The summed E-state index contributed by atoms with van der Waals surface area (Å²) in [6, 6.07) is 14.2. The van der Waals surface area contributed by atoms with Gasteiger partial charge in [-0.05, 0) is 41.8 Å². The fourth-order valence-electron chi connectivity index (χ4n) is 2.05. The molecule has 0 spiro atoms. The second-order valence-electron chi connectivity index (χ2n) is 5.07. The minimum absolute atomic E-state index is 0. The molecule has 2 aromatic carbocycles. The van der Waals surface area contributed by atoms with Crippen molar-refractivity contribution in [3.05, 3.63) is 59.7 Å². The van der Waals surface area contributed by atoms with E-state index in [1.54, 1.807) is 12.1 Å². The highest BCUT2D eigenvalue weighted by atomic mass is 127. The van der Waals surface area contributed by atoms with Gasteiger partial charge < -0.3 is 11.1 Å². The quantitative estimate of drug-likeness (QED) is 0.362. The zero-order chi connectivity index (χ0) is 16.9. The number of benzene rings is 2. The van der Waals surface area contributed by atoms with Crippen LogP contribution in [0, 0.1) is 0 Å². The number of hydrogen-bond acceptors (Lipinski definition) is 3. The van der Waals surface area contributed by atoms with Crippen LogP contribution in [0.15, 0.2) is 58.4 Å². The van der Waals surface area contributed by atoms with Gasteiger partial charge in [0.1, 0.15) is 0 Å². The van der Waals surface area contributed by atoms with Crippen LogP contribution >= 0.6 is 24.0 Å². The maximum absolute atomic E-state index is 11.3. The number of nitrogens with two attached hydrogens (primary N) is 2. The van der Waals surface area contributed by atoms with E-state index in [0.717, 1.165) is 12.1 Å². The first-order chi connectivity index (χ1) is 10.9. The molecule has 0 aromatic heterocycles. The fourth-order valence-corrected chi connectivity index (χ4v) is 2.64. The molecule has 2 aromatic rings. The molecule has 0 heterocycles. The van der Waals surface area contributed by atoms with Crippen LogP contribution in [0.4, 0.5) is 5.69 Å². The highest BCUT2D eigenvalue weighted by molar-refractivity contribution is 14.0. The van der Waals surface area contributed by atoms with Crippen LogP contribution in [0.5, 0.6) is 0 Å². The molecule has 0 fully saturated rings. The van der Waals surface area contributed by atoms with Gasteiger partial charge in [-0.25, -0.2) is 18.5 Å². The zero-order valence-electron chi connectivity index (χ0n) is 13.3. The zero-order valence-corrected chi connectivity index (χ0v) is 16.4. The highest BCUT2D eigenvalue weighted by Crippen LogP contribution is 2.12. The van der Waals surface area contributed by atoms with Gasteiger partial charge in [-0.15, -0.1) is 24.0 Å². The smallest absolute Gasteiger partial charge is 0.238 e. The molecule has 0 bridgehead atoms. The second-order valence-corrected chi connectivity index (χ2v) is 6.63. The molecule has 6 nitrogen and oxygen atoms in total. The van der Waals surface area contributed by atoms with Gasteiger partial charge in [0.25, 0.3) is 0 Å². The van der Waals surface area contributed by atoms with Crippen LogP contribution in [0.25, 0.3) is 0 Å². The number of sulfonamides is 1. The third kappa shape index (κ3) is 6.10. The Morgan fingerprint density at radius 3 is 2.46 bits per heavy atom. The van der Waals surface area contributed by atoms with Crippen molar-refractivity contribution in [1.29, 1.82) is 0 Å². The number of nitrogens with zero attached hydrogens (tertiary/aromatic N) is 1. The van der Waals surface area contributed by atoms with Crippen molar-refractivity contribution in [2.24, 2.45) is 15.9 Å². The van der Waals surface area contributed by atoms with E-state index >= 15 is 0 Å². The highest BCUT2D eigenvalue weighted by Gasteiger charge is 2.07. The number of rotatable bonds is 5. The van der Waals surface area contributed by atoms with Gasteiger partial charge in [-0.2, -0.15) is 0 Å². The number of anilines is 1. The summed E-state index contributed by atoms with van der Waals surface area (Å²) in [4.78, 5) is 4.28. The van der Waals surface area contributed by atoms with Crippen molar-refractivity contribution in [3.63, 3.8) is 0 Å². The molecule has 0 saturated carbocycles. The molecule has 0 atom stereocenters. The Hall–Kier alpha value is -1.65. The number of hydrogen-bond donors (Lipinski definition) is 3. The van der Waals surface area contributed by atoms with Gasteiger partial charge in [-0.1, -0.05) is 31.2 Å². The summed E-state index contributed by atoms with van der Waals surface area (Å²) in [6.45, 7) is 2.34. The third-order valence-electron chi connectivity index (χ3n) is 3.27. The number of aliphatic imine (C=N–C) groups is 1. The van der Waals surface area contributed by atoms with Crippen molar-refractivity contribution >= 4 is 45.6 Å². The van der Waals surface area contributed by atoms with Crippen LogP contribution in [-0.4, -0.2) is 14.4 Å². The Kier molecular flexibility index (Phi) is 7.64. The molecule has 0 saturated heterocycles. The molecule has 130 valence electrons. The Bertz CT molecular complexity index is 822. The number of nitrogens with one attached hydrogen (secondary N) is 1. The molecular formula is C16H21IN4O2S. The van der Waals surface area contributed by atoms with E-state index < -0.39 is 10.0 Å². The van der Waals surface area contributed by atoms with Crippen LogP contribution in [0.2, 0.25) is 0 Å². The lowest BCUT2D eigenvalue weighted by molar-refractivity contribution is 0.597. The average molecular weight is 460 g/mol. The molecule has 0 aliphatic carbocycles. The maximum atomic E-state index is 11.3. The number of aryl methyl sites for hydroxylation is 1. The Morgan fingerprint density at radius 2 is 1.79 bits per heavy atom. The fraction of sp³-hybridized carbons (Fsp3) is 0.188. The molecule has 8 heteroatoms. The molecule has 24 heavy (non-hydrogen) atoms. The molecule has 0 radical (unpaired) electrons. The third-order valence-corrected chi connectivity index (χ3v) is 4.18. The summed E-state index contributed by atoms with van der Waals surface area (Å²) in [5.74, 6) is 0.263. The first kappa shape index (κ1) is 20.4. The van der Waals surface area contributed by atoms with E-state index in [9.17, 15) is 8.42 Å². The predicted octanol–water partition coefficient (Wildman–Crippen LogP) is 2.44. The summed E-state index contributed by atoms with van der Waals surface area (Å²) in [7, 11) is -3.72. The van der Waals surface area contributed by atoms with E-state index in [4.69, 9.17) is 10.9 Å². The largest absolute Gasteiger partial charge is 0.370 e. The molecule has 0 amide bonds. The number of primary sulfonamides is 1. The Morgan fingerprint density at radius 1 is 1.12 bits per heavy atom. The van der Waals surface area contributed by atoms with Crippen molar-refractivity contribution < 1.29 is 8.42 Å². The molecule has 0 unspecified atom stereocenters. The Balaban J connectivity index is 0.00000288. The van der Waals surface area contributed by atoms with Gasteiger partial charge in [0, 0.05) is 5.69 Å². The van der Waals surface area contributed by atoms with Crippen molar-refractivity contribution in [2.75, 3.05) is 5.32 Å². The minimum Gasteiger partial charge on any atom is -0.370 e. The van der Waals surface area contributed by atoms with Crippen LogP contribution in [0.3, 0.4) is 0 Å². The van der Waals surface area contributed by atoms with E-state index in [1.807, 2.05) is 24.3 Å². The van der Waals surface area contributed by atoms with E-state index in [2.05, 4.69) is 17.2 Å². The van der Waals surface area contributed by atoms with Gasteiger partial charge in [0.15, 0.2) is 5.96 Å². The standard InChI is InChI=1S/C16H20N4O2S.HI/c1-2-12-5-3-7-14(9-12)20-16(17)19-11-13-6-4-8-15(10-13)23(18,21)22;/h3-10H,2,11H2,1H3,(H3,17,19,20)(H2,18,21,22);1H. The summed E-state index contributed by atoms with van der Waals surface area (Å²) in [5.41, 5.74) is 8.64. The van der Waals surface area contributed by atoms with Gasteiger partial charge >= 0.3 is 0 Å². The maximum Gasteiger partial charge on any atom is 0.238 e. The number of guanidine groups is 1. The summed E-state index contributed by atoms with van der Waals surface area (Å²) >= 11 is 0. The normalized spacial score (nSPS) is 11.7. The summed E-state index contributed by atoms with van der Waals surface area (Å²) < 4.78 is 22.7. The van der Waals surface area contributed by atoms with Crippen molar-refractivity contribution in [1.82, 2.24) is 0 Å². The average Bonchev–Trinajstić information content (AvgIpc) is 2.52. The van der Waals surface area contributed by atoms with Crippen LogP contribution in [0.1, 0.15) is 18.1 Å². The summed E-state index contributed by atoms with van der Waals surface area (Å²) in [5, 5.41) is 8.13. The van der Waals surface area contributed by atoms with E-state index in [1.165, 1.54) is 17.7 Å². The summed E-state index contributed by atoms with van der Waals surface area (Å²) in [6.07, 6.45) is 0.937. The van der Waals surface area contributed by atoms with Crippen molar-refractivity contribution in [2.45, 2.75) is 24.8 Å². The SMILES string of the molecule is CCc1cccc(NC(N)=NCc2cccc(S(N)(=O)=O)c2)c1.I. The lowest BCUT2D eigenvalue weighted by Crippen LogP contribution is -2.22. The first-order valence-corrected chi connectivity index (χ1v) is 8.70. The lowest BCUT2D eigenvalue weighted by Gasteiger charge is -2.07. The predicted molar refractivity (Wildman–Crippen MR) is 108 cm³/mol.